The van der Waals surface area contributed by atoms with Gasteiger partial charge in [-0.2, -0.15) is 0 Å². The van der Waals surface area contributed by atoms with E-state index in [1.807, 2.05) is 0 Å². The van der Waals surface area contributed by atoms with Crippen molar-refractivity contribution in [3.05, 3.63) is 12.2 Å². The van der Waals surface area contributed by atoms with Crippen LogP contribution in [0.15, 0.2) is 12.2 Å². The van der Waals surface area contributed by atoms with E-state index in [1.54, 1.807) is 0 Å². The van der Waals surface area contributed by atoms with Crippen molar-refractivity contribution in [2.24, 2.45) is 0 Å². The van der Waals surface area contributed by atoms with E-state index >= 15 is 0 Å². The SMILES string of the molecule is CCCCC/C=C/CCCCCCCCCOC(C)=O. The van der Waals surface area contributed by atoms with Crippen LogP contribution in [0.25, 0.3) is 0 Å². The lowest BCUT2D eigenvalue weighted by Crippen LogP contribution is -1.99. The van der Waals surface area contributed by atoms with Crippen LogP contribution >= 0.6 is 0 Å². The predicted molar refractivity (Wildman–Crippen MR) is 86.9 cm³/mol. The van der Waals surface area contributed by atoms with Gasteiger partial charge < -0.3 is 4.74 Å². The largest absolute Gasteiger partial charge is 0.466 e. The van der Waals surface area contributed by atoms with Crippen LogP contribution in [0.3, 0.4) is 0 Å². The van der Waals surface area contributed by atoms with Crippen molar-refractivity contribution in [1.82, 2.24) is 0 Å². The molecule has 0 N–H and O–H groups in total. The lowest BCUT2D eigenvalue weighted by molar-refractivity contribution is -0.141. The van der Waals surface area contributed by atoms with Gasteiger partial charge in [0.1, 0.15) is 0 Å². The molecule has 0 saturated heterocycles. The van der Waals surface area contributed by atoms with E-state index in [0.29, 0.717) is 6.61 Å². The molecular weight excluding hydrogens is 248 g/mol. The summed E-state index contributed by atoms with van der Waals surface area (Å²) in [6, 6.07) is 0. The Morgan fingerprint density at radius 3 is 1.85 bits per heavy atom. The van der Waals surface area contributed by atoms with Crippen LogP contribution in [0.2, 0.25) is 0 Å². The summed E-state index contributed by atoms with van der Waals surface area (Å²) < 4.78 is 4.90. The average molecular weight is 282 g/mol. The third-order valence-electron chi connectivity index (χ3n) is 3.46. The summed E-state index contributed by atoms with van der Waals surface area (Å²) in [5.74, 6) is -0.159. The Kier molecular flexibility index (Phi) is 15.6. The fourth-order valence-corrected chi connectivity index (χ4v) is 2.21. The van der Waals surface area contributed by atoms with Crippen LogP contribution in [0.5, 0.6) is 0 Å². The van der Waals surface area contributed by atoms with Crippen LogP contribution in [-0.4, -0.2) is 12.6 Å². The molecule has 0 radical (unpaired) electrons. The number of hydrogen-bond acceptors (Lipinski definition) is 2. The molecule has 2 nitrogen and oxygen atoms in total. The Balaban J connectivity index is 3.04. The second-order valence-electron chi connectivity index (χ2n) is 5.57. The zero-order valence-corrected chi connectivity index (χ0v) is 13.7. The number of rotatable bonds is 14. The molecule has 0 saturated carbocycles. The van der Waals surface area contributed by atoms with Crippen LogP contribution in [-0.2, 0) is 9.53 Å². The molecule has 2 heteroatoms. The van der Waals surface area contributed by atoms with Crippen molar-refractivity contribution in [2.75, 3.05) is 6.61 Å². The van der Waals surface area contributed by atoms with E-state index in [4.69, 9.17) is 4.74 Å². The minimum atomic E-state index is -0.159. The Labute approximate surface area is 126 Å². The van der Waals surface area contributed by atoms with Gasteiger partial charge in [0.15, 0.2) is 0 Å². The minimum Gasteiger partial charge on any atom is -0.466 e. The lowest BCUT2D eigenvalue weighted by atomic mass is 10.1. The highest BCUT2D eigenvalue weighted by Gasteiger charge is 1.94. The van der Waals surface area contributed by atoms with Crippen molar-refractivity contribution in [1.29, 1.82) is 0 Å². The maximum absolute atomic E-state index is 10.5. The second kappa shape index (κ2) is 16.3. The molecule has 0 bridgehead atoms. The summed E-state index contributed by atoms with van der Waals surface area (Å²) in [6.45, 7) is 4.32. The highest BCUT2D eigenvalue weighted by atomic mass is 16.5. The molecule has 0 rings (SSSR count). The number of carbonyl (C=O) groups excluding carboxylic acids is 1. The van der Waals surface area contributed by atoms with E-state index in [0.717, 1.165) is 6.42 Å². The Morgan fingerprint density at radius 1 is 0.800 bits per heavy atom. The summed E-state index contributed by atoms with van der Waals surface area (Å²) in [4.78, 5) is 10.5. The number of hydrogen-bond donors (Lipinski definition) is 0. The highest BCUT2D eigenvalue weighted by molar-refractivity contribution is 5.65. The molecule has 0 atom stereocenters. The van der Waals surface area contributed by atoms with E-state index in [1.165, 1.54) is 77.6 Å². The predicted octanol–water partition coefficient (Wildman–Crippen LogP) is 5.81. The molecule has 0 aliphatic heterocycles. The normalized spacial score (nSPS) is 11.1. The van der Waals surface area contributed by atoms with Gasteiger partial charge in [0.2, 0.25) is 0 Å². The van der Waals surface area contributed by atoms with E-state index in [-0.39, 0.29) is 5.97 Å². The third kappa shape index (κ3) is 17.2. The van der Waals surface area contributed by atoms with E-state index in [9.17, 15) is 4.79 Å². The van der Waals surface area contributed by atoms with Gasteiger partial charge in [0.05, 0.1) is 6.61 Å². The monoisotopic (exact) mass is 282 g/mol. The van der Waals surface area contributed by atoms with Crippen LogP contribution in [0.1, 0.15) is 90.9 Å². The Morgan fingerprint density at radius 2 is 1.30 bits per heavy atom. The second-order valence-corrected chi connectivity index (χ2v) is 5.57. The van der Waals surface area contributed by atoms with Gasteiger partial charge in [-0.05, 0) is 32.1 Å². The van der Waals surface area contributed by atoms with Gasteiger partial charge >= 0.3 is 5.97 Å². The number of allylic oxidation sites excluding steroid dienone is 2. The molecule has 0 aliphatic carbocycles. The van der Waals surface area contributed by atoms with Gasteiger partial charge in [-0.25, -0.2) is 0 Å². The molecule has 0 aliphatic rings. The molecule has 0 aromatic rings. The summed E-state index contributed by atoms with van der Waals surface area (Å²) in [7, 11) is 0. The fourth-order valence-electron chi connectivity index (χ4n) is 2.21. The zero-order valence-electron chi connectivity index (χ0n) is 13.7. The van der Waals surface area contributed by atoms with Gasteiger partial charge in [-0.15, -0.1) is 0 Å². The molecule has 0 unspecified atom stereocenters. The molecule has 20 heavy (non-hydrogen) atoms. The van der Waals surface area contributed by atoms with E-state index in [2.05, 4.69) is 19.1 Å². The minimum absolute atomic E-state index is 0.159. The molecule has 0 aromatic heterocycles. The van der Waals surface area contributed by atoms with Crippen molar-refractivity contribution in [3.8, 4) is 0 Å². The summed E-state index contributed by atoms with van der Waals surface area (Å²) in [6.07, 6.45) is 20.1. The van der Waals surface area contributed by atoms with Gasteiger partial charge in [0, 0.05) is 6.92 Å². The molecule has 118 valence electrons. The van der Waals surface area contributed by atoms with Crippen molar-refractivity contribution in [2.45, 2.75) is 90.9 Å². The first-order valence-electron chi connectivity index (χ1n) is 8.55. The molecule has 0 fully saturated rings. The van der Waals surface area contributed by atoms with Crippen molar-refractivity contribution >= 4 is 5.97 Å². The first-order valence-corrected chi connectivity index (χ1v) is 8.55. The Bertz CT molecular complexity index is 234. The van der Waals surface area contributed by atoms with Gasteiger partial charge in [0.25, 0.3) is 0 Å². The Hall–Kier alpha value is -0.790. The van der Waals surface area contributed by atoms with Gasteiger partial charge in [-0.3, -0.25) is 4.79 Å². The molecule has 0 amide bonds. The smallest absolute Gasteiger partial charge is 0.302 e. The maximum atomic E-state index is 10.5. The third-order valence-corrected chi connectivity index (χ3v) is 3.46. The van der Waals surface area contributed by atoms with Crippen molar-refractivity contribution < 1.29 is 9.53 Å². The highest BCUT2D eigenvalue weighted by Crippen LogP contribution is 2.09. The maximum Gasteiger partial charge on any atom is 0.302 e. The molecule has 0 aromatic carbocycles. The number of carbonyl (C=O) groups is 1. The van der Waals surface area contributed by atoms with Gasteiger partial charge in [-0.1, -0.05) is 64.0 Å². The molecule has 0 heterocycles. The summed E-state index contributed by atoms with van der Waals surface area (Å²) >= 11 is 0. The first kappa shape index (κ1) is 19.2. The first-order chi connectivity index (χ1) is 9.77. The van der Waals surface area contributed by atoms with E-state index < -0.39 is 0 Å². The number of unbranched alkanes of at least 4 members (excludes halogenated alkanes) is 10. The van der Waals surface area contributed by atoms with Crippen LogP contribution < -0.4 is 0 Å². The summed E-state index contributed by atoms with van der Waals surface area (Å²) in [5, 5.41) is 0. The average Bonchev–Trinajstić information content (AvgIpc) is 2.43. The fraction of sp³-hybridized carbons (Fsp3) is 0.833. The quantitative estimate of drug-likeness (QED) is 0.228. The number of ether oxygens (including phenoxy) is 1. The number of esters is 1. The van der Waals surface area contributed by atoms with Crippen LogP contribution in [0.4, 0.5) is 0 Å². The molecule has 0 spiro atoms. The standard InChI is InChI=1S/C18H34O2/c1-3-4-5-6-7-8-9-10-11-12-13-14-15-16-17-20-18(2)19/h7-8H,3-6,9-17H2,1-2H3/b8-7+. The van der Waals surface area contributed by atoms with Crippen molar-refractivity contribution in [3.63, 3.8) is 0 Å². The topological polar surface area (TPSA) is 26.3 Å². The summed E-state index contributed by atoms with van der Waals surface area (Å²) in [5.41, 5.74) is 0. The zero-order chi connectivity index (χ0) is 14.9. The molecular formula is C18H34O2. The van der Waals surface area contributed by atoms with Crippen LogP contribution in [0, 0.1) is 0 Å². The lowest BCUT2D eigenvalue weighted by Gasteiger charge is -2.02.